The first-order chi connectivity index (χ1) is 8.81. The van der Waals surface area contributed by atoms with Gasteiger partial charge in [-0.3, -0.25) is 0 Å². The normalized spacial score (nSPS) is 10.2. The van der Waals surface area contributed by atoms with E-state index >= 15 is 0 Å². The van der Waals surface area contributed by atoms with Crippen LogP contribution in [-0.2, 0) is 19.5 Å². The number of benzene rings is 1. The van der Waals surface area contributed by atoms with Crippen molar-refractivity contribution in [2.75, 3.05) is 0 Å². The van der Waals surface area contributed by atoms with Crippen molar-refractivity contribution >= 4 is 11.3 Å². The SMILES string of the molecule is CCc1ccc(CNCc2cccc(C#N)c2)s1. The van der Waals surface area contributed by atoms with Crippen molar-refractivity contribution in [2.45, 2.75) is 26.4 Å². The molecule has 0 fully saturated rings. The second kappa shape index (κ2) is 6.34. The lowest BCUT2D eigenvalue weighted by atomic mass is 10.1. The molecule has 0 aliphatic heterocycles. The fourth-order valence-electron chi connectivity index (χ4n) is 1.79. The molecule has 18 heavy (non-hydrogen) atoms. The molecule has 2 aromatic rings. The Kier molecular flexibility index (Phi) is 4.52. The fourth-order valence-corrected chi connectivity index (χ4v) is 2.72. The summed E-state index contributed by atoms with van der Waals surface area (Å²) in [6.45, 7) is 3.87. The molecule has 0 atom stereocenters. The summed E-state index contributed by atoms with van der Waals surface area (Å²) >= 11 is 1.86. The number of aryl methyl sites for hydroxylation is 1. The number of nitrogens with one attached hydrogen (secondary N) is 1. The Balaban J connectivity index is 1.86. The monoisotopic (exact) mass is 256 g/mol. The van der Waals surface area contributed by atoms with Crippen LogP contribution in [0.25, 0.3) is 0 Å². The van der Waals surface area contributed by atoms with Gasteiger partial charge in [0.15, 0.2) is 0 Å². The molecule has 0 saturated heterocycles. The number of hydrogen-bond donors (Lipinski definition) is 1. The number of nitriles is 1. The van der Waals surface area contributed by atoms with Crippen molar-refractivity contribution in [3.63, 3.8) is 0 Å². The van der Waals surface area contributed by atoms with E-state index in [1.165, 1.54) is 9.75 Å². The minimum Gasteiger partial charge on any atom is -0.308 e. The summed E-state index contributed by atoms with van der Waals surface area (Å²) < 4.78 is 0. The van der Waals surface area contributed by atoms with Crippen LogP contribution in [0.3, 0.4) is 0 Å². The van der Waals surface area contributed by atoms with Crippen LogP contribution in [0.15, 0.2) is 36.4 Å². The largest absolute Gasteiger partial charge is 0.308 e. The Labute approximate surface area is 112 Å². The highest BCUT2D eigenvalue weighted by Gasteiger charge is 1.99. The molecule has 2 rings (SSSR count). The Morgan fingerprint density at radius 3 is 2.72 bits per heavy atom. The summed E-state index contributed by atoms with van der Waals surface area (Å²) in [5.41, 5.74) is 1.88. The number of thiophene rings is 1. The maximum absolute atomic E-state index is 8.83. The van der Waals surface area contributed by atoms with Crippen molar-refractivity contribution in [3.8, 4) is 6.07 Å². The lowest BCUT2D eigenvalue weighted by Gasteiger charge is -2.03. The highest BCUT2D eigenvalue weighted by molar-refractivity contribution is 7.11. The Morgan fingerprint density at radius 1 is 1.17 bits per heavy atom. The molecule has 1 aromatic heterocycles. The van der Waals surface area contributed by atoms with Crippen LogP contribution < -0.4 is 5.32 Å². The molecule has 0 aliphatic carbocycles. The molecule has 1 aromatic carbocycles. The smallest absolute Gasteiger partial charge is 0.0991 e. The zero-order valence-electron chi connectivity index (χ0n) is 10.4. The Morgan fingerprint density at radius 2 is 2.00 bits per heavy atom. The topological polar surface area (TPSA) is 35.8 Å². The van der Waals surface area contributed by atoms with Gasteiger partial charge in [0.2, 0.25) is 0 Å². The predicted octanol–water partition coefficient (Wildman–Crippen LogP) is 3.47. The summed E-state index contributed by atoms with van der Waals surface area (Å²) in [5.74, 6) is 0. The Hall–Kier alpha value is -1.63. The molecule has 0 spiro atoms. The molecule has 92 valence electrons. The minimum absolute atomic E-state index is 0.721. The average Bonchev–Trinajstić information content (AvgIpc) is 2.87. The molecule has 1 heterocycles. The van der Waals surface area contributed by atoms with E-state index in [2.05, 4.69) is 30.4 Å². The molecule has 0 saturated carbocycles. The lowest BCUT2D eigenvalue weighted by Crippen LogP contribution is -2.11. The van der Waals surface area contributed by atoms with Crippen LogP contribution >= 0.6 is 11.3 Å². The van der Waals surface area contributed by atoms with Gasteiger partial charge < -0.3 is 5.32 Å². The van der Waals surface area contributed by atoms with E-state index in [4.69, 9.17) is 5.26 Å². The highest BCUT2D eigenvalue weighted by Crippen LogP contribution is 2.16. The first-order valence-corrected chi connectivity index (χ1v) is 6.91. The van der Waals surface area contributed by atoms with Gasteiger partial charge in [-0.25, -0.2) is 0 Å². The van der Waals surface area contributed by atoms with Crippen LogP contribution in [-0.4, -0.2) is 0 Å². The highest BCUT2D eigenvalue weighted by atomic mass is 32.1. The van der Waals surface area contributed by atoms with Crippen LogP contribution in [0.2, 0.25) is 0 Å². The van der Waals surface area contributed by atoms with Crippen molar-refractivity contribution in [3.05, 3.63) is 57.3 Å². The summed E-state index contributed by atoms with van der Waals surface area (Å²) in [5, 5.41) is 12.2. The second-order valence-corrected chi connectivity index (χ2v) is 5.39. The molecule has 2 nitrogen and oxygen atoms in total. The second-order valence-electron chi connectivity index (χ2n) is 4.14. The third-order valence-electron chi connectivity index (χ3n) is 2.75. The fraction of sp³-hybridized carbons (Fsp3) is 0.267. The van der Waals surface area contributed by atoms with Crippen molar-refractivity contribution < 1.29 is 0 Å². The Bertz CT molecular complexity index is 552. The van der Waals surface area contributed by atoms with Gasteiger partial charge in [-0.1, -0.05) is 19.1 Å². The lowest BCUT2D eigenvalue weighted by molar-refractivity contribution is 0.701. The predicted molar refractivity (Wildman–Crippen MR) is 75.4 cm³/mol. The molecule has 3 heteroatoms. The zero-order valence-corrected chi connectivity index (χ0v) is 11.3. The molecule has 0 amide bonds. The zero-order chi connectivity index (χ0) is 12.8. The molecule has 0 aliphatic rings. The van der Waals surface area contributed by atoms with Gasteiger partial charge >= 0.3 is 0 Å². The molecule has 1 N–H and O–H groups in total. The van der Waals surface area contributed by atoms with Crippen molar-refractivity contribution in [1.29, 1.82) is 5.26 Å². The molecular weight excluding hydrogens is 240 g/mol. The molecule has 0 unspecified atom stereocenters. The van der Waals surface area contributed by atoms with Gasteiger partial charge in [-0.05, 0) is 36.2 Å². The first-order valence-electron chi connectivity index (χ1n) is 6.09. The van der Waals surface area contributed by atoms with Crippen LogP contribution in [0.4, 0.5) is 0 Å². The van der Waals surface area contributed by atoms with Gasteiger partial charge in [0.05, 0.1) is 11.6 Å². The van der Waals surface area contributed by atoms with E-state index in [1.54, 1.807) is 0 Å². The van der Waals surface area contributed by atoms with E-state index < -0.39 is 0 Å². The molecular formula is C15H16N2S. The minimum atomic E-state index is 0.721. The number of rotatable bonds is 5. The summed E-state index contributed by atoms with van der Waals surface area (Å²) in [4.78, 5) is 2.79. The quantitative estimate of drug-likeness (QED) is 0.889. The van der Waals surface area contributed by atoms with Crippen LogP contribution in [0.5, 0.6) is 0 Å². The maximum atomic E-state index is 8.83. The van der Waals surface area contributed by atoms with Gasteiger partial charge in [0.1, 0.15) is 0 Å². The average molecular weight is 256 g/mol. The van der Waals surface area contributed by atoms with Gasteiger partial charge in [0.25, 0.3) is 0 Å². The standard InChI is InChI=1S/C15H16N2S/c1-2-14-6-7-15(18-14)11-17-10-13-5-3-4-12(8-13)9-16/h3-8,17H,2,10-11H2,1H3. The van der Waals surface area contributed by atoms with E-state index in [0.717, 1.165) is 30.6 Å². The number of hydrogen-bond acceptors (Lipinski definition) is 3. The van der Waals surface area contributed by atoms with E-state index in [-0.39, 0.29) is 0 Å². The van der Waals surface area contributed by atoms with Crippen LogP contribution in [0, 0.1) is 11.3 Å². The first kappa shape index (κ1) is 12.8. The van der Waals surface area contributed by atoms with Gasteiger partial charge in [-0.2, -0.15) is 5.26 Å². The molecule has 0 bridgehead atoms. The van der Waals surface area contributed by atoms with E-state index in [0.29, 0.717) is 0 Å². The third-order valence-corrected chi connectivity index (χ3v) is 3.98. The van der Waals surface area contributed by atoms with Crippen LogP contribution in [0.1, 0.15) is 27.8 Å². The summed E-state index contributed by atoms with van der Waals surface area (Å²) in [6, 6.07) is 14.3. The third kappa shape index (κ3) is 3.43. The van der Waals surface area contributed by atoms with Crippen molar-refractivity contribution in [1.82, 2.24) is 5.32 Å². The van der Waals surface area contributed by atoms with Gasteiger partial charge in [-0.15, -0.1) is 11.3 Å². The maximum Gasteiger partial charge on any atom is 0.0991 e. The number of nitrogens with zero attached hydrogens (tertiary/aromatic N) is 1. The molecule has 0 radical (unpaired) electrons. The van der Waals surface area contributed by atoms with E-state index in [9.17, 15) is 0 Å². The summed E-state index contributed by atoms with van der Waals surface area (Å²) in [6.07, 6.45) is 1.11. The summed E-state index contributed by atoms with van der Waals surface area (Å²) in [7, 11) is 0. The van der Waals surface area contributed by atoms with Crippen molar-refractivity contribution in [2.24, 2.45) is 0 Å². The van der Waals surface area contributed by atoms with E-state index in [1.807, 2.05) is 35.6 Å². The van der Waals surface area contributed by atoms with Gasteiger partial charge in [0, 0.05) is 22.8 Å².